The standard InChI is InChI=1S/C22H28ClNO4/c1-5-7-15-12-16(6-2)18(19(23)13-15)14-20(25)24-22(21(26)28-4)10-8-17(27-3)9-11-22/h12-13,17H,6,8-11,14H2,1-4H3,(H,24,25). The number of ether oxygens (including phenoxy) is 2. The molecule has 1 aliphatic carbocycles. The molecule has 0 radical (unpaired) electrons. The van der Waals surface area contributed by atoms with E-state index in [-0.39, 0.29) is 18.4 Å². The zero-order valence-corrected chi connectivity index (χ0v) is 17.7. The number of esters is 1. The van der Waals surface area contributed by atoms with E-state index in [0.717, 1.165) is 23.1 Å². The van der Waals surface area contributed by atoms with Gasteiger partial charge in [0.25, 0.3) is 0 Å². The SMILES string of the molecule is CC#Cc1cc(Cl)c(CC(=O)NC2(C(=O)OC)CCC(OC)CC2)c(CC)c1. The fourth-order valence-corrected chi connectivity index (χ4v) is 4.10. The summed E-state index contributed by atoms with van der Waals surface area (Å²) in [4.78, 5) is 25.3. The molecule has 0 atom stereocenters. The van der Waals surface area contributed by atoms with Crippen molar-refractivity contribution in [3.05, 3.63) is 33.8 Å². The molecule has 2 rings (SSSR count). The number of amides is 1. The number of carbonyl (C=O) groups is 2. The van der Waals surface area contributed by atoms with Crippen LogP contribution in [0.4, 0.5) is 0 Å². The van der Waals surface area contributed by atoms with Gasteiger partial charge in [0.05, 0.1) is 19.6 Å². The lowest BCUT2D eigenvalue weighted by Gasteiger charge is -2.38. The van der Waals surface area contributed by atoms with Crippen molar-refractivity contribution in [2.45, 2.75) is 64.0 Å². The number of rotatable bonds is 6. The van der Waals surface area contributed by atoms with Crippen LogP contribution in [0.15, 0.2) is 12.1 Å². The molecule has 0 spiro atoms. The van der Waals surface area contributed by atoms with Gasteiger partial charge in [-0.3, -0.25) is 4.79 Å². The second kappa shape index (κ2) is 9.95. The maximum atomic E-state index is 12.9. The van der Waals surface area contributed by atoms with Crippen molar-refractivity contribution >= 4 is 23.5 Å². The Kier molecular flexibility index (Phi) is 7.91. The van der Waals surface area contributed by atoms with E-state index in [1.807, 2.05) is 13.0 Å². The van der Waals surface area contributed by atoms with Crippen LogP contribution in [-0.4, -0.2) is 37.7 Å². The number of carbonyl (C=O) groups excluding carboxylic acids is 2. The van der Waals surface area contributed by atoms with E-state index in [2.05, 4.69) is 17.2 Å². The Morgan fingerprint density at radius 2 is 1.96 bits per heavy atom. The van der Waals surface area contributed by atoms with Crippen LogP contribution >= 0.6 is 11.6 Å². The summed E-state index contributed by atoms with van der Waals surface area (Å²) in [6.07, 6.45) is 3.30. The number of benzene rings is 1. The molecule has 0 unspecified atom stereocenters. The van der Waals surface area contributed by atoms with Crippen molar-refractivity contribution < 1.29 is 19.1 Å². The average molecular weight is 406 g/mol. The highest BCUT2D eigenvalue weighted by molar-refractivity contribution is 6.31. The lowest BCUT2D eigenvalue weighted by molar-refractivity contribution is -0.153. The number of nitrogens with one attached hydrogen (secondary N) is 1. The molecule has 0 saturated heterocycles. The van der Waals surface area contributed by atoms with E-state index in [0.29, 0.717) is 30.7 Å². The van der Waals surface area contributed by atoms with Crippen LogP contribution in [0.2, 0.25) is 5.02 Å². The molecule has 0 bridgehead atoms. The van der Waals surface area contributed by atoms with Gasteiger partial charge in [0.1, 0.15) is 5.54 Å². The van der Waals surface area contributed by atoms with Crippen molar-refractivity contribution in [2.75, 3.05) is 14.2 Å². The van der Waals surface area contributed by atoms with Crippen LogP contribution in [0.3, 0.4) is 0 Å². The number of methoxy groups -OCH3 is 2. The molecule has 1 aliphatic rings. The third-order valence-corrected chi connectivity index (χ3v) is 5.69. The number of aryl methyl sites for hydroxylation is 1. The Morgan fingerprint density at radius 1 is 1.29 bits per heavy atom. The van der Waals surface area contributed by atoms with Crippen molar-refractivity contribution in [3.63, 3.8) is 0 Å². The van der Waals surface area contributed by atoms with Gasteiger partial charge in [-0.15, -0.1) is 5.92 Å². The predicted molar refractivity (Wildman–Crippen MR) is 109 cm³/mol. The second-order valence-electron chi connectivity index (χ2n) is 7.06. The third-order valence-electron chi connectivity index (χ3n) is 5.35. The first-order valence-corrected chi connectivity index (χ1v) is 9.93. The summed E-state index contributed by atoms with van der Waals surface area (Å²) in [5, 5.41) is 3.46. The highest BCUT2D eigenvalue weighted by atomic mass is 35.5. The Hall–Kier alpha value is -2.03. The Bertz CT molecular complexity index is 786. The van der Waals surface area contributed by atoms with E-state index in [1.165, 1.54) is 7.11 Å². The van der Waals surface area contributed by atoms with Gasteiger partial charge < -0.3 is 14.8 Å². The molecule has 1 amide bonds. The van der Waals surface area contributed by atoms with Gasteiger partial charge in [0, 0.05) is 17.7 Å². The molecule has 1 fully saturated rings. The van der Waals surface area contributed by atoms with Gasteiger partial charge in [-0.1, -0.05) is 24.4 Å². The molecule has 152 valence electrons. The van der Waals surface area contributed by atoms with Crippen molar-refractivity contribution in [2.24, 2.45) is 0 Å². The Balaban J connectivity index is 2.21. The van der Waals surface area contributed by atoms with Crippen LogP contribution in [0.1, 0.15) is 56.2 Å². The molecule has 0 heterocycles. The second-order valence-corrected chi connectivity index (χ2v) is 7.47. The van der Waals surface area contributed by atoms with E-state index >= 15 is 0 Å². The van der Waals surface area contributed by atoms with Crippen LogP contribution in [-0.2, 0) is 31.9 Å². The Labute approximate surface area is 172 Å². The maximum absolute atomic E-state index is 12.9. The van der Waals surface area contributed by atoms with Gasteiger partial charge in [-0.2, -0.15) is 0 Å². The molecule has 0 aliphatic heterocycles. The molecule has 1 aromatic carbocycles. The summed E-state index contributed by atoms with van der Waals surface area (Å²) in [7, 11) is 3.01. The molecule has 1 aromatic rings. The van der Waals surface area contributed by atoms with Gasteiger partial charge in [0.15, 0.2) is 0 Å². The smallest absolute Gasteiger partial charge is 0.331 e. The largest absolute Gasteiger partial charge is 0.467 e. The summed E-state index contributed by atoms with van der Waals surface area (Å²) in [5.74, 6) is 5.20. The summed E-state index contributed by atoms with van der Waals surface area (Å²) in [6.45, 7) is 3.78. The third kappa shape index (κ3) is 5.06. The topological polar surface area (TPSA) is 64.6 Å². The van der Waals surface area contributed by atoms with E-state index < -0.39 is 11.5 Å². The van der Waals surface area contributed by atoms with Crippen LogP contribution in [0.25, 0.3) is 0 Å². The minimum Gasteiger partial charge on any atom is -0.467 e. The normalized spacial score (nSPS) is 21.4. The van der Waals surface area contributed by atoms with Gasteiger partial charge >= 0.3 is 5.97 Å². The molecule has 5 nitrogen and oxygen atoms in total. The number of hydrogen-bond donors (Lipinski definition) is 1. The van der Waals surface area contributed by atoms with Crippen LogP contribution in [0, 0.1) is 11.8 Å². The number of halogens is 1. The minimum atomic E-state index is -1.01. The molecular formula is C22H28ClNO4. The molecule has 0 aromatic heterocycles. The highest BCUT2D eigenvalue weighted by Gasteiger charge is 2.44. The van der Waals surface area contributed by atoms with Gasteiger partial charge in [-0.25, -0.2) is 4.79 Å². The Morgan fingerprint density at radius 3 is 2.50 bits per heavy atom. The molecular weight excluding hydrogens is 378 g/mol. The zero-order valence-electron chi connectivity index (χ0n) is 17.0. The average Bonchev–Trinajstić information content (AvgIpc) is 2.69. The van der Waals surface area contributed by atoms with Crippen molar-refractivity contribution in [1.82, 2.24) is 5.32 Å². The zero-order chi connectivity index (χ0) is 20.7. The molecule has 6 heteroatoms. The summed E-state index contributed by atoms with van der Waals surface area (Å²) in [6, 6.07) is 3.74. The fourth-order valence-electron chi connectivity index (χ4n) is 3.79. The fraction of sp³-hybridized carbons (Fsp3) is 0.545. The summed E-state index contributed by atoms with van der Waals surface area (Å²) in [5.41, 5.74) is 1.58. The van der Waals surface area contributed by atoms with Crippen LogP contribution in [0.5, 0.6) is 0 Å². The first kappa shape index (κ1) is 22.3. The monoisotopic (exact) mass is 405 g/mol. The lowest BCUT2D eigenvalue weighted by atomic mass is 9.80. The van der Waals surface area contributed by atoms with Gasteiger partial charge in [-0.05, 0) is 62.3 Å². The van der Waals surface area contributed by atoms with Gasteiger partial charge in [0.2, 0.25) is 5.91 Å². The van der Waals surface area contributed by atoms with E-state index in [4.69, 9.17) is 21.1 Å². The van der Waals surface area contributed by atoms with E-state index in [9.17, 15) is 9.59 Å². The predicted octanol–water partition coefficient (Wildman–Crippen LogP) is 3.43. The summed E-state index contributed by atoms with van der Waals surface area (Å²) < 4.78 is 10.4. The lowest BCUT2D eigenvalue weighted by Crippen LogP contribution is -2.57. The molecule has 1 N–H and O–H groups in total. The van der Waals surface area contributed by atoms with Crippen LogP contribution < -0.4 is 5.32 Å². The van der Waals surface area contributed by atoms with E-state index in [1.54, 1.807) is 20.1 Å². The van der Waals surface area contributed by atoms with Crippen molar-refractivity contribution in [1.29, 1.82) is 0 Å². The minimum absolute atomic E-state index is 0.100. The molecule has 1 saturated carbocycles. The first-order chi connectivity index (χ1) is 13.4. The van der Waals surface area contributed by atoms with Crippen molar-refractivity contribution in [3.8, 4) is 11.8 Å². The number of hydrogen-bond acceptors (Lipinski definition) is 4. The quantitative estimate of drug-likeness (QED) is 0.581. The molecule has 28 heavy (non-hydrogen) atoms. The first-order valence-electron chi connectivity index (χ1n) is 9.55. The maximum Gasteiger partial charge on any atom is 0.331 e. The summed E-state index contributed by atoms with van der Waals surface area (Å²) >= 11 is 6.44. The highest BCUT2D eigenvalue weighted by Crippen LogP contribution is 2.31.